The maximum Gasteiger partial charge on any atom is 0.138 e. The minimum absolute atomic E-state index is 0.322. The fourth-order valence-electron chi connectivity index (χ4n) is 3.95. The number of aromatic hydroxyl groups is 2. The van der Waals surface area contributed by atoms with E-state index in [-0.39, 0.29) is 0 Å². The molecule has 186 valence electrons. The molecule has 0 amide bonds. The van der Waals surface area contributed by atoms with Crippen LogP contribution >= 0.6 is 0 Å². The third kappa shape index (κ3) is 18.0. The molecule has 33 heavy (non-hydrogen) atoms. The average molecular weight is 456 g/mol. The van der Waals surface area contributed by atoms with Crippen LogP contribution in [0.25, 0.3) is 0 Å². The van der Waals surface area contributed by atoms with E-state index in [1.54, 1.807) is 30.3 Å². The number of unbranched alkanes of at least 4 members (excludes halogenated alkanes) is 15. The summed E-state index contributed by atoms with van der Waals surface area (Å²) in [6, 6.07) is 16.2. The number of phenolic OH excluding ortho intramolecular Hbond substituents is 2. The standard InChI is InChI=1S/C24H43NO.C6H6O/c1-2-3-4-5-6-7-8-9-10-11-12-13-14-15-16-19-22-25-23-20-17-18-21-24(23)26;7-6-4-2-1-3-5-6/h17-18,20-21,25-26H,2-16,19,22H2,1H3;1-5,7H. The van der Waals surface area contributed by atoms with Crippen LogP contribution in [0.3, 0.4) is 0 Å². The summed E-state index contributed by atoms with van der Waals surface area (Å²) in [5.41, 5.74) is 0.855. The number of phenols is 2. The van der Waals surface area contributed by atoms with Crippen LogP contribution < -0.4 is 5.32 Å². The summed E-state index contributed by atoms with van der Waals surface area (Å²) >= 11 is 0. The van der Waals surface area contributed by atoms with Gasteiger partial charge in [0.1, 0.15) is 11.5 Å². The van der Waals surface area contributed by atoms with Gasteiger partial charge in [-0.25, -0.2) is 0 Å². The van der Waals surface area contributed by atoms with Crippen LogP contribution in [-0.2, 0) is 0 Å². The van der Waals surface area contributed by atoms with E-state index >= 15 is 0 Å². The quantitative estimate of drug-likeness (QED) is 0.155. The molecule has 0 fully saturated rings. The summed E-state index contributed by atoms with van der Waals surface area (Å²) in [4.78, 5) is 0. The van der Waals surface area contributed by atoms with E-state index in [1.807, 2.05) is 24.3 Å². The number of hydrogen-bond donors (Lipinski definition) is 3. The highest BCUT2D eigenvalue weighted by molar-refractivity contribution is 5.54. The molecule has 2 rings (SSSR count). The third-order valence-electron chi connectivity index (χ3n) is 6.01. The molecule has 0 aliphatic carbocycles. The molecule has 0 aliphatic rings. The van der Waals surface area contributed by atoms with E-state index < -0.39 is 0 Å². The van der Waals surface area contributed by atoms with Gasteiger partial charge in [-0.05, 0) is 30.7 Å². The molecule has 0 saturated carbocycles. The maximum atomic E-state index is 9.68. The van der Waals surface area contributed by atoms with Crippen molar-refractivity contribution in [1.29, 1.82) is 0 Å². The smallest absolute Gasteiger partial charge is 0.138 e. The van der Waals surface area contributed by atoms with E-state index in [4.69, 9.17) is 5.11 Å². The highest BCUT2D eigenvalue weighted by atomic mass is 16.3. The van der Waals surface area contributed by atoms with Crippen LogP contribution in [0.2, 0.25) is 0 Å². The lowest BCUT2D eigenvalue weighted by atomic mass is 10.0. The van der Waals surface area contributed by atoms with Crippen LogP contribution in [0, 0.1) is 0 Å². The molecule has 0 radical (unpaired) electrons. The van der Waals surface area contributed by atoms with Gasteiger partial charge >= 0.3 is 0 Å². The van der Waals surface area contributed by atoms with Crippen molar-refractivity contribution in [3.63, 3.8) is 0 Å². The van der Waals surface area contributed by atoms with E-state index in [9.17, 15) is 5.11 Å². The zero-order chi connectivity index (χ0) is 23.8. The molecule has 3 N–H and O–H groups in total. The molecule has 2 aromatic carbocycles. The van der Waals surface area contributed by atoms with Crippen LogP contribution in [0.15, 0.2) is 54.6 Å². The number of para-hydroxylation sites is 3. The van der Waals surface area contributed by atoms with Gasteiger partial charge in [-0.1, -0.05) is 134 Å². The number of benzene rings is 2. The Morgan fingerprint density at radius 1 is 0.515 bits per heavy atom. The molecule has 0 spiro atoms. The predicted octanol–water partition coefficient (Wildman–Crippen LogP) is 9.46. The minimum atomic E-state index is 0.322. The lowest BCUT2D eigenvalue weighted by molar-refractivity contribution is 0.475. The fraction of sp³-hybridized carbons (Fsp3) is 0.600. The molecular formula is C30H49NO2. The second-order valence-corrected chi connectivity index (χ2v) is 9.08. The minimum Gasteiger partial charge on any atom is -0.508 e. The first kappa shape index (κ1) is 28.9. The molecule has 0 saturated heterocycles. The van der Waals surface area contributed by atoms with Crippen LogP contribution in [-0.4, -0.2) is 16.8 Å². The Balaban J connectivity index is 0.000000657. The van der Waals surface area contributed by atoms with Gasteiger partial charge in [0, 0.05) is 6.54 Å². The first-order valence-electron chi connectivity index (χ1n) is 13.5. The molecule has 0 aliphatic heterocycles. The second-order valence-electron chi connectivity index (χ2n) is 9.08. The molecule has 3 nitrogen and oxygen atoms in total. The first-order chi connectivity index (χ1) is 16.2. The molecule has 0 atom stereocenters. The molecule has 2 aromatic rings. The summed E-state index contributed by atoms with van der Waals surface area (Å²) < 4.78 is 0. The van der Waals surface area contributed by atoms with Crippen molar-refractivity contribution in [3.05, 3.63) is 54.6 Å². The Morgan fingerprint density at radius 3 is 1.36 bits per heavy atom. The monoisotopic (exact) mass is 455 g/mol. The Labute approximate surface area is 203 Å². The third-order valence-corrected chi connectivity index (χ3v) is 6.01. The molecule has 0 bridgehead atoms. The van der Waals surface area contributed by atoms with Crippen molar-refractivity contribution in [1.82, 2.24) is 0 Å². The van der Waals surface area contributed by atoms with Crippen molar-refractivity contribution >= 4 is 5.69 Å². The van der Waals surface area contributed by atoms with Crippen LogP contribution in [0.4, 0.5) is 5.69 Å². The van der Waals surface area contributed by atoms with Gasteiger partial charge in [-0.3, -0.25) is 0 Å². The number of rotatable bonds is 18. The van der Waals surface area contributed by atoms with Crippen molar-refractivity contribution in [3.8, 4) is 11.5 Å². The zero-order valence-corrected chi connectivity index (χ0v) is 21.1. The van der Waals surface area contributed by atoms with Gasteiger partial charge in [0.25, 0.3) is 0 Å². The normalized spacial score (nSPS) is 10.5. The second kappa shape index (κ2) is 21.7. The van der Waals surface area contributed by atoms with Crippen molar-refractivity contribution in [2.24, 2.45) is 0 Å². The maximum absolute atomic E-state index is 9.68. The van der Waals surface area contributed by atoms with Gasteiger partial charge in [0.2, 0.25) is 0 Å². The van der Waals surface area contributed by atoms with Gasteiger partial charge in [0.05, 0.1) is 5.69 Å². The highest BCUT2D eigenvalue weighted by Crippen LogP contribution is 2.21. The predicted molar refractivity (Wildman–Crippen MR) is 144 cm³/mol. The molecule has 3 heteroatoms. The number of nitrogens with one attached hydrogen (secondary N) is 1. The Hall–Kier alpha value is -2.16. The van der Waals surface area contributed by atoms with E-state index in [2.05, 4.69) is 12.2 Å². The Kier molecular flexibility index (Phi) is 19.0. The summed E-state index contributed by atoms with van der Waals surface area (Å²) in [6.07, 6.45) is 22.4. The number of anilines is 1. The molecule has 0 heterocycles. The summed E-state index contributed by atoms with van der Waals surface area (Å²) in [6.45, 7) is 3.24. The molecular weight excluding hydrogens is 406 g/mol. The van der Waals surface area contributed by atoms with E-state index in [0.29, 0.717) is 11.5 Å². The van der Waals surface area contributed by atoms with Crippen LogP contribution in [0.5, 0.6) is 11.5 Å². The summed E-state index contributed by atoms with van der Waals surface area (Å²) in [5, 5.41) is 21.6. The Bertz CT molecular complexity index is 659. The molecule has 0 aromatic heterocycles. The summed E-state index contributed by atoms with van der Waals surface area (Å²) in [5.74, 6) is 0.673. The fourth-order valence-corrected chi connectivity index (χ4v) is 3.95. The van der Waals surface area contributed by atoms with Crippen LogP contribution in [0.1, 0.15) is 110 Å². The van der Waals surface area contributed by atoms with Crippen molar-refractivity contribution in [2.45, 2.75) is 110 Å². The topological polar surface area (TPSA) is 52.5 Å². The average Bonchev–Trinajstić information content (AvgIpc) is 2.83. The Morgan fingerprint density at radius 2 is 0.939 bits per heavy atom. The molecule has 0 unspecified atom stereocenters. The van der Waals surface area contributed by atoms with E-state index in [0.717, 1.165) is 12.2 Å². The number of hydrogen-bond acceptors (Lipinski definition) is 3. The van der Waals surface area contributed by atoms with Gasteiger partial charge < -0.3 is 15.5 Å². The lowest BCUT2D eigenvalue weighted by Gasteiger charge is -2.08. The van der Waals surface area contributed by atoms with Gasteiger partial charge in [-0.15, -0.1) is 0 Å². The largest absolute Gasteiger partial charge is 0.508 e. The van der Waals surface area contributed by atoms with Gasteiger partial charge in [-0.2, -0.15) is 0 Å². The highest BCUT2D eigenvalue weighted by Gasteiger charge is 1.98. The first-order valence-corrected chi connectivity index (χ1v) is 13.5. The lowest BCUT2D eigenvalue weighted by Crippen LogP contribution is -2.01. The van der Waals surface area contributed by atoms with E-state index in [1.165, 1.54) is 103 Å². The SMILES string of the molecule is CCCCCCCCCCCCCCCCCCNc1ccccc1O.Oc1ccccc1. The van der Waals surface area contributed by atoms with Gasteiger partial charge in [0.15, 0.2) is 0 Å². The van der Waals surface area contributed by atoms with Crippen molar-refractivity contribution < 1.29 is 10.2 Å². The van der Waals surface area contributed by atoms with Crippen molar-refractivity contribution in [2.75, 3.05) is 11.9 Å². The zero-order valence-electron chi connectivity index (χ0n) is 21.1. The summed E-state index contributed by atoms with van der Waals surface area (Å²) in [7, 11) is 0.